The first-order chi connectivity index (χ1) is 9.32. The molecule has 0 spiro atoms. The maximum atomic E-state index is 3.45. The zero-order chi connectivity index (χ0) is 13.6. The van der Waals surface area contributed by atoms with Crippen molar-refractivity contribution >= 4 is 11.8 Å². The van der Waals surface area contributed by atoms with Gasteiger partial charge in [-0.15, -0.1) is 0 Å². The van der Waals surface area contributed by atoms with Crippen molar-refractivity contribution in [2.24, 2.45) is 0 Å². The van der Waals surface area contributed by atoms with Crippen LogP contribution in [0.15, 0.2) is 24.3 Å². The summed E-state index contributed by atoms with van der Waals surface area (Å²) in [5.41, 5.74) is 3.60. The third-order valence-corrected chi connectivity index (χ3v) is 5.34. The predicted molar refractivity (Wildman–Crippen MR) is 87.2 cm³/mol. The maximum absolute atomic E-state index is 3.45. The molecule has 0 amide bonds. The third-order valence-electron chi connectivity index (χ3n) is 4.35. The van der Waals surface area contributed by atoms with Crippen LogP contribution in [0.4, 0.5) is 0 Å². The first kappa shape index (κ1) is 14.9. The first-order valence-electron chi connectivity index (χ1n) is 7.63. The molecule has 0 saturated heterocycles. The number of hydrogen-bond donors (Lipinski definition) is 1. The molecule has 0 radical (unpaired) electrons. The molecule has 106 valence electrons. The molecule has 0 fully saturated rings. The van der Waals surface area contributed by atoms with Gasteiger partial charge in [-0.05, 0) is 61.8 Å². The molecule has 2 rings (SSSR count). The summed E-state index contributed by atoms with van der Waals surface area (Å²) in [6, 6.07) is 9.12. The van der Waals surface area contributed by atoms with E-state index in [2.05, 4.69) is 55.3 Å². The maximum Gasteiger partial charge on any atom is 0.00808 e. The van der Waals surface area contributed by atoms with E-state index in [1.165, 1.54) is 43.6 Å². The molecule has 0 aromatic heterocycles. The van der Waals surface area contributed by atoms with Gasteiger partial charge >= 0.3 is 0 Å². The fourth-order valence-corrected chi connectivity index (χ4v) is 4.17. The Balaban J connectivity index is 2.15. The number of benzene rings is 1. The van der Waals surface area contributed by atoms with Gasteiger partial charge in [0.05, 0.1) is 0 Å². The van der Waals surface area contributed by atoms with Crippen LogP contribution in [-0.4, -0.2) is 25.1 Å². The van der Waals surface area contributed by atoms with Crippen molar-refractivity contribution in [2.45, 2.75) is 44.4 Å². The summed E-state index contributed by atoms with van der Waals surface area (Å²) in [5, 5.41) is 3.45. The molecule has 2 heteroatoms. The highest BCUT2D eigenvalue weighted by molar-refractivity contribution is 7.99. The van der Waals surface area contributed by atoms with Crippen LogP contribution in [0.3, 0.4) is 0 Å². The lowest BCUT2D eigenvalue weighted by Gasteiger charge is -2.39. The number of thioether (sulfide) groups is 1. The molecule has 1 atom stereocenters. The Kier molecular flexibility index (Phi) is 5.77. The van der Waals surface area contributed by atoms with Gasteiger partial charge in [0.25, 0.3) is 0 Å². The largest absolute Gasteiger partial charge is 0.319 e. The number of hydrogen-bond acceptors (Lipinski definition) is 2. The molecule has 0 aliphatic heterocycles. The standard InChI is InChI=1S/C17H27NS/c1-3-19-13-7-12-17(14-18-2)11-6-9-15-8-4-5-10-16(15)17/h4-5,8,10,18H,3,6-7,9,11-14H2,1-2H3. The Hall–Kier alpha value is -0.470. The Labute approximate surface area is 122 Å². The van der Waals surface area contributed by atoms with Gasteiger partial charge in [-0.2, -0.15) is 11.8 Å². The average molecular weight is 277 g/mol. The summed E-state index contributed by atoms with van der Waals surface area (Å²) in [5.74, 6) is 2.56. The van der Waals surface area contributed by atoms with Crippen molar-refractivity contribution in [3.05, 3.63) is 35.4 Å². The van der Waals surface area contributed by atoms with E-state index < -0.39 is 0 Å². The number of rotatable bonds is 7. The van der Waals surface area contributed by atoms with Crippen molar-refractivity contribution in [1.29, 1.82) is 0 Å². The van der Waals surface area contributed by atoms with Gasteiger partial charge in [0.1, 0.15) is 0 Å². The fourth-order valence-electron chi connectivity index (χ4n) is 3.53. The zero-order valence-electron chi connectivity index (χ0n) is 12.4. The lowest BCUT2D eigenvalue weighted by Crippen LogP contribution is -2.40. The van der Waals surface area contributed by atoms with Gasteiger partial charge in [0.2, 0.25) is 0 Å². The second-order valence-corrected chi connectivity index (χ2v) is 7.02. The molecule has 1 N–H and O–H groups in total. The second-order valence-electron chi connectivity index (χ2n) is 5.62. The Morgan fingerprint density at radius 1 is 1.32 bits per heavy atom. The van der Waals surface area contributed by atoms with Crippen molar-refractivity contribution in [3.8, 4) is 0 Å². The summed E-state index contributed by atoms with van der Waals surface area (Å²) < 4.78 is 0. The first-order valence-corrected chi connectivity index (χ1v) is 8.78. The topological polar surface area (TPSA) is 12.0 Å². The van der Waals surface area contributed by atoms with Crippen LogP contribution in [0, 0.1) is 0 Å². The third kappa shape index (κ3) is 3.55. The minimum Gasteiger partial charge on any atom is -0.319 e. The van der Waals surface area contributed by atoms with Crippen LogP contribution in [-0.2, 0) is 11.8 Å². The highest BCUT2D eigenvalue weighted by Gasteiger charge is 2.35. The van der Waals surface area contributed by atoms with Gasteiger partial charge in [-0.25, -0.2) is 0 Å². The van der Waals surface area contributed by atoms with Crippen LogP contribution in [0.5, 0.6) is 0 Å². The average Bonchev–Trinajstić information content (AvgIpc) is 2.45. The smallest absolute Gasteiger partial charge is 0.00808 e. The van der Waals surface area contributed by atoms with E-state index in [1.54, 1.807) is 11.1 Å². The van der Waals surface area contributed by atoms with E-state index >= 15 is 0 Å². The normalized spacial score (nSPS) is 22.2. The molecule has 19 heavy (non-hydrogen) atoms. The van der Waals surface area contributed by atoms with Crippen LogP contribution < -0.4 is 5.32 Å². The van der Waals surface area contributed by atoms with E-state index in [-0.39, 0.29) is 0 Å². The lowest BCUT2D eigenvalue weighted by molar-refractivity contribution is 0.322. The Morgan fingerprint density at radius 2 is 2.16 bits per heavy atom. The minimum absolute atomic E-state index is 0.387. The molecule has 1 aromatic rings. The fraction of sp³-hybridized carbons (Fsp3) is 0.647. The number of aryl methyl sites for hydroxylation is 1. The highest BCUT2D eigenvalue weighted by atomic mass is 32.2. The second kappa shape index (κ2) is 7.35. The summed E-state index contributed by atoms with van der Waals surface area (Å²) in [6.07, 6.45) is 6.64. The molecule has 0 bridgehead atoms. The Bertz CT molecular complexity index is 391. The molecule has 1 aliphatic carbocycles. The molecular weight excluding hydrogens is 250 g/mol. The number of fused-ring (bicyclic) bond motifs is 1. The summed E-state index contributed by atoms with van der Waals surface area (Å²) in [7, 11) is 2.10. The van der Waals surface area contributed by atoms with E-state index in [0.29, 0.717) is 5.41 Å². The molecule has 0 saturated carbocycles. The Morgan fingerprint density at radius 3 is 2.95 bits per heavy atom. The molecule has 1 unspecified atom stereocenters. The number of nitrogens with one attached hydrogen (secondary N) is 1. The minimum atomic E-state index is 0.387. The molecule has 1 aromatic carbocycles. The monoisotopic (exact) mass is 277 g/mol. The van der Waals surface area contributed by atoms with E-state index in [0.717, 1.165) is 6.54 Å². The molecule has 0 heterocycles. The predicted octanol–water partition coefficient (Wildman–Crippen LogP) is 4.01. The lowest BCUT2D eigenvalue weighted by atomic mass is 9.67. The SMILES string of the molecule is CCSCCCC1(CNC)CCCc2ccccc21. The number of likely N-dealkylation sites (N-methyl/N-ethyl adjacent to an activating group) is 1. The van der Waals surface area contributed by atoms with Gasteiger partial charge in [-0.1, -0.05) is 31.2 Å². The van der Waals surface area contributed by atoms with Gasteiger partial charge < -0.3 is 5.32 Å². The van der Waals surface area contributed by atoms with E-state index in [4.69, 9.17) is 0 Å². The van der Waals surface area contributed by atoms with Gasteiger partial charge in [0, 0.05) is 12.0 Å². The highest BCUT2D eigenvalue weighted by Crippen LogP contribution is 2.40. The van der Waals surface area contributed by atoms with Crippen LogP contribution in [0.1, 0.15) is 43.7 Å². The van der Waals surface area contributed by atoms with Crippen LogP contribution in [0.2, 0.25) is 0 Å². The summed E-state index contributed by atoms with van der Waals surface area (Å²) in [6.45, 7) is 3.38. The van der Waals surface area contributed by atoms with Gasteiger partial charge in [-0.3, -0.25) is 0 Å². The summed E-state index contributed by atoms with van der Waals surface area (Å²) >= 11 is 2.07. The molecule has 1 aliphatic rings. The van der Waals surface area contributed by atoms with Crippen LogP contribution in [0.25, 0.3) is 0 Å². The van der Waals surface area contributed by atoms with E-state index in [1.807, 2.05) is 0 Å². The van der Waals surface area contributed by atoms with Gasteiger partial charge in [0.15, 0.2) is 0 Å². The zero-order valence-corrected chi connectivity index (χ0v) is 13.2. The van der Waals surface area contributed by atoms with E-state index in [9.17, 15) is 0 Å². The van der Waals surface area contributed by atoms with Crippen molar-refractivity contribution in [2.75, 3.05) is 25.1 Å². The summed E-state index contributed by atoms with van der Waals surface area (Å²) in [4.78, 5) is 0. The van der Waals surface area contributed by atoms with Crippen molar-refractivity contribution in [3.63, 3.8) is 0 Å². The van der Waals surface area contributed by atoms with Crippen molar-refractivity contribution < 1.29 is 0 Å². The van der Waals surface area contributed by atoms with Crippen molar-refractivity contribution in [1.82, 2.24) is 5.32 Å². The molecule has 1 nitrogen and oxygen atoms in total. The van der Waals surface area contributed by atoms with Crippen LogP contribution >= 0.6 is 11.8 Å². The quantitative estimate of drug-likeness (QED) is 0.756. The molecular formula is C17H27NS.